The Bertz CT molecular complexity index is 1700. The molecule has 1 fully saturated rings. The van der Waals surface area contributed by atoms with E-state index in [9.17, 15) is 19.2 Å². The summed E-state index contributed by atoms with van der Waals surface area (Å²) in [5.41, 5.74) is 2.88. The Morgan fingerprint density at radius 3 is 2.58 bits per heavy atom. The van der Waals surface area contributed by atoms with Crippen LogP contribution in [0.2, 0.25) is 0 Å². The Labute approximate surface area is 245 Å². The van der Waals surface area contributed by atoms with Crippen LogP contribution in [0.15, 0.2) is 87.1 Å². The lowest BCUT2D eigenvalue weighted by Gasteiger charge is -2.30. The summed E-state index contributed by atoms with van der Waals surface area (Å²) in [6.45, 7) is 1.70. The molecule has 1 aromatic heterocycles. The number of aryl methyl sites for hydroxylation is 1. The predicted molar refractivity (Wildman–Crippen MR) is 158 cm³/mol. The summed E-state index contributed by atoms with van der Waals surface area (Å²) in [5, 5.41) is 2.75. The van der Waals surface area contributed by atoms with E-state index in [4.69, 9.17) is 4.74 Å². The summed E-state index contributed by atoms with van der Waals surface area (Å²) < 4.78 is 6.65. The molecule has 3 aromatic carbocycles. The number of rotatable bonds is 6. The van der Waals surface area contributed by atoms with E-state index in [2.05, 4.69) is 26.2 Å². The van der Waals surface area contributed by atoms with Crippen LogP contribution in [0, 0.1) is 12.8 Å². The standard InChI is InChI=1S/C29H22BrN3O5S2/c1-15-5-2-3-8-20(15)31-21(34)14-38-19-7-4-6-16(13-19)22-23-25(39-26-24(22)40-29(37)32-26)28(36)33(27(23)35)18-11-9-17(30)10-12-18/h2-13,22-23,25H,14H2,1H3,(H,31,34)(H,32,37). The molecular weight excluding hydrogens is 614 g/mol. The van der Waals surface area contributed by atoms with Crippen LogP contribution in [0.25, 0.3) is 0 Å². The van der Waals surface area contributed by atoms with Gasteiger partial charge in [-0.25, -0.2) is 4.90 Å². The maximum atomic E-state index is 13.8. The molecule has 0 saturated carbocycles. The minimum atomic E-state index is -0.709. The number of carbonyl (C=O) groups is 3. The zero-order valence-corrected chi connectivity index (χ0v) is 24.3. The average molecular weight is 637 g/mol. The monoisotopic (exact) mass is 635 g/mol. The molecule has 2 aliphatic heterocycles. The molecule has 2 N–H and O–H groups in total. The number of halogens is 1. The Morgan fingerprint density at radius 2 is 1.80 bits per heavy atom. The molecule has 3 atom stereocenters. The molecule has 2 aliphatic rings. The molecule has 11 heteroatoms. The number of thiazole rings is 1. The van der Waals surface area contributed by atoms with E-state index in [1.807, 2.05) is 37.3 Å². The number of anilines is 2. The van der Waals surface area contributed by atoms with Gasteiger partial charge in [0.05, 0.1) is 16.6 Å². The van der Waals surface area contributed by atoms with Gasteiger partial charge in [-0.3, -0.25) is 19.2 Å². The molecule has 202 valence electrons. The molecule has 0 bridgehead atoms. The fraction of sp³-hybridized carbons (Fsp3) is 0.172. The fourth-order valence-electron chi connectivity index (χ4n) is 5.07. The number of nitrogens with zero attached hydrogens (tertiary/aromatic N) is 1. The van der Waals surface area contributed by atoms with Crippen molar-refractivity contribution in [2.45, 2.75) is 23.1 Å². The smallest absolute Gasteiger partial charge is 0.305 e. The zero-order valence-electron chi connectivity index (χ0n) is 21.1. The van der Waals surface area contributed by atoms with Gasteiger partial charge >= 0.3 is 4.87 Å². The number of carbonyl (C=O) groups excluding carboxylic acids is 3. The van der Waals surface area contributed by atoms with Gasteiger partial charge in [0.15, 0.2) is 6.61 Å². The number of ether oxygens (including phenoxy) is 1. The van der Waals surface area contributed by atoms with Gasteiger partial charge in [0.1, 0.15) is 11.0 Å². The van der Waals surface area contributed by atoms with E-state index in [1.165, 1.54) is 16.7 Å². The molecule has 6 rings (SSSR count). The van der Waals surface area contributed by atoms with E-state index in [0.717, 1.165) is 26.9 Å². The van der Waals surface area contributed by atoms with Crippen LogP contribution < -0.4 is 19.8 Å². The highest BCUT2D eigenvalue weighted by atomic mass is 79.9. The first-order valence-corrected chi connectivity index (χ1v) is 14.9. The van der Waals surface area contributed by atoms with Crippen molar-refractivity contribution in [1.82, 2.24) is 4.98 Å². The Morgan fingerprint density at radius 1 is 1.02 bits per heavy atom. The maximum absolute atomic E-state index is 13.8. The number of imide groups is 1. The van der Waals surface area contributed by atoms with Crippen LogP contribution in [0.5, 0.6) is 5.75 Å². The number of para-hydroxylation sites is 1. The number of benzene rings is 3. The third-order valence-corrected chi connectivity index (χ3v) is 9.84. The van der Waals surface area contributed by atoms with Gasteiger partial charge in [0, 0.05) is 21.0 Å². The number of hydrogen-bond acceptors (Lipinski definition) is 7. The van der Waals surface area contributed by atoms with Gasteiger partial charge in [0.25, 0.3) is 5.91 Å². The van der Waals surface area contributed by atoms with E-state index < -0.39 is 17.1 Å². The predicted octanol–water partition coefficient (Wildman–Crippen LogP) is 5.32. The summed E-state index contributed by atoms with van der Waals surface area (Å²) in [5.74, 6) is -1.73. The quantitative estimate of drug-likeness (QED) is 0.278. The normalized spacial score (nSPS) is 19.8. The number of H-pyrrole nitrogens is 1. The van der Waals surface area contributed by atoms with Gasteiger partial charge < -0.3 is 15.0 Å². The van der Waals surface area contributed by atoms with Gasteiger partial charge in [-0.05, 0) is 60.5 Å². The zero-order chi connectivity index (χ0) is 28.0. The topological polar surface area (TPSA) is 109 Å². The average Bonchev–Trinajstić information content (AvgIpc) is 3.43. The first kappa shape index (κ1) is 26.5. The van der Waals surface area contributed by atoms with Crippen molar-refractivity contribution >= 4 is 68.1 Å². The number of aromatic nitrogens is 1. The molecule has 0 aliphatic carbocycles. The number of fused-ring (bicyclic) bond motifs is 2. The number of aromatic amines is 1. The van der Waals surface area contributed by atoms with Gasteiger partial charge in [-0.15, -0.1) is 0 Å². The number of amides is 3. The summed E-state index contributed by atoms with van der Waals surface area (Å²) in [7, 11) is 0. The van der Waals surface area contributed by atoms with Crippen molar-refractivity contribution in [2.75, 3.05) is 16.8 Å². The molecule has 3 unspecified atom stereocenters. The molecule has 3 heterocycles. The third kappa shape index (κ3) is 4.89. The molecule has 0 radical (unpaired) electrons. The highest BCUT2D eigenvalue weighted by Gasteiger charge is 2.56. The first-order valence-electron chi connectivity index (χ1n) is 12.4. The van der Waals surface area contributed by atoms with Gasteiger partial charge in [0.2, 0.25) is 11.8 Å². The SMILES string of the molecule is Cc1ccccc1NC(=O)COc1cccc(C2c3sc(=O)[nH]c3SC3C(=O)N(c4ccc(Br)cc4)C(=O)C32)c1. The number of thioether (sulfide) groups is 1. The molecule has 0 spiro atoms. The number of hydrogen-bond donors (Lipinski definition) is 2. The molecule has 3 amide bonds. The van der Waals surface area contributed by atoms with Crippen LogP contribution in [-0.4, -0.2) is 34.6 Å². The Hall–Kier alpha value is -3.67. The summed E-state index contributed by atoms with van der Waals surface area (Å²) in [4.78, 5) is 56.9. The fourth-order valence-corrected chi connectivity index (χ4v) is 7.85. The Kier molecular flexibility index (Phi) is 7.11. The van der Waals surface area contributed by atoms with Crippen molar-refractivity contribution < 1.29 is 19.1 Å². The van der Waals surface area contributed by atoms with Crippen LogP contribution in [-0.2, 0) is 14.4 Å². The van der Waals surface area contributed by atoms with Crippen molar-refractivity contribution in [3.63, 3.8) is 0 Å². The molecule has 4 aromatic rings. The number of nitrogens with one attached hydrogen (secondary N) is 2. The lowest BCUT2D eigenvalue weighted by atomic mass is 9.83. The largest absolute Gasteiger partial charge is 0.484 e. The second kappa shape index (κ2) is 10.7. The van der Waals surface area contributed by atoms with Gasteiger partial charge in [-0.1, -0.05) is 69.4 Å². The summed E-state index contributed by atoms with van der Waals surface area (Å²) >= 11 is 5.67. The van der Waals surface area contributed by atoms with E-state index >= 15 is 0 Å². The molecule has 40 heavy (non-hydrogen) atoms. The molecule has 1 saturated heterocycles. The van der Waals surface area contributed by atoms with Gasteiger partial charge in [-0.2, -0.15) is 0 Å². The van der Waals surface area contributed by atoms with E-state index in [1.54, 1.807) is 42.5 Å². The maximum Gasteiger partial charge on any atom is 0.305 e. The highest BCUT2D eigenvalue weighted by Crippen LogP contribution is 2.53. The second-order valence-corrected chi connectivity index (χ2v) is 12.5. The lowest BCUT2D eigenvalue weighted by Crippen LogP contribution is -2.32. The van der Waals surface area contributed by atoms with Crippen molar-refractivity contribution in [2.24, 2.45) is 5.92 Å². The van der Waals surface area contributed by atoms with Crippen LogP contribution in [0.4, 0.5) is 11.4 Å². The minimum Gasteiger partial charge on any atom is -0.484 e. The van der Waals surface area contributed by atoms with Crippen LogP contribution in [0.3, 0.4) is 0 Å². The summed E-state index contributed by atoms with van der Waals surface area (Å²) in [6, 6.07) is 21.6. The first-order chi connectivity index (χ1) is 19.3. The van der Waals surface area contributed by atoms with Crippen LogP contribution >= 0.6 is 39.0 Å². The lowest BCUT2D eigenvalue weighted by molar-refractivity contribution is -0.122. The molecular formula is C29H22BrN3O5S2. The highest BCUT2D eigenvalue weighted by molar-refractivity contribution is 9.10. The van der Waals surface area contributed by atoms with E-state index in [0.29, 0.717) is 27.0 Å². The molecule has 8 nitrogen and oxygen atoms in total. The van der Waals surface area contributed by atoms with Crippen molar-refractivity contribution in [3.8, 4) is 5.75 Å². The second-order valence-electron chi connectivity index (χ2n) is 9.46. The Balaban J connectivity index is 1.29. The summed E-state index contributed by atoms with van der Waals surface area (Å²) in [6.07, 6.45) is 0. The third-order valence-electron chi connectivity index (χ3n) is 6.92. The van der Waals surface area contributed by atoms with Crippen molar-refractivity contribution in [3.05, 3.63) is 103 Å². The van der Waals surface area contributed by atoms with E-state index in [-0.39, 0.29) is 29.2 Å². The van der Waals surface area contributed by atoms with Crippen molar-refractivity contribution in [1.29, 1.82) is 0 Å². The minimum absolute atomic E-state index is 0.206. The van der Waals surface area contributed by atoms with Crippen LogP contribution in [0.1, 0.15) is 21.9 Å².